The van der Waals surface area contributed by atoms with Crippen molar-refractivity contribution in [2.75, 3.05) is 13.2 Å². The number of unbranched alkanes of at least 4 members (excludes halogenated alkanes) is 3. The molecule has 0 saturated carbocycles. The van der Waals surface area contributed by atoms with Crippen molar-refractivity contribution in [3.05, 3.63) is 47.9 Å². The molecule has 0 amide bonds. The largest absolute Gasteiger partial charge is 0.494 e. The van der Waals surface area contributed by atoms with Gasteiger partial charge in [0.15, 0.2) is 5.69 Å². The van der Waals surface area contributed by atoms with Crippen molar-refractivity contribution in [3.63, 3.8) is 0 Å². The number of esters is 1. The van der Waals surface area contributed by atoms with Crippen LogP contribution in [0.4, 0.5) is 0 Å². The lowest BCUT2D eigenvalue weighted by atomic mass is 10.1. The molecule has 0 bridgehead atoms. The quantitative estimate of drug-likeness (QED) is 0.489. The van der Waals surface area contributed by atoms with Crippen molar-refractivity contribution in [3.8, 4) is 5.75 Å². The highest BCUT2D eigenvalue weighted by atomic mass is 16.5. The lowest BCUT2D eigenvalue weighted by molar-refractivity contribution is 0.0514. The first kappa shape index (κ1) is 17.1. The van der Waals surface area contributed by atoms with E-state index in [-0.39, 0.29) is 5.69 Å². The van der Waals surface area contributed by atoms with E-state index in [1.807, 2.05) is 30.3 Å². The van der Waals surface area contributed by atoms with Crippen molar-refractivity contribution in [2.45, 2.75) is 39.0 Å². The number of aryl methyl sites for hydroxylation is 1. The molecule has 0 saturated heterocycles. The zero-order valence-corrected chi connectivity index (χ0v) is 13.5. The number of hydrogen-bond acceptors (Lipinski definition) is 5. The molecule has 0 aliphatic rings. The van der Waals surface area contributed by atoms with E-state index in [0.717, 1.165) is 50.2 Å². The average molecular weight is 317 g/mol. The molecule has 5 heteroatoms. The summed E-state index contributed by atoms with van der Waals surface area (Å²) in [5.74, 6) is 1.22. The standard InChI is InChI=1S/C18H23NO4/c1-2-21-18(20)17-14-16(23-19-17)12-6-3-4-9-13-22-15-10-7-5-8-11-15/h5,7-8,10-11,14H,2-4,6,9,12-13H2,1H3. The fourth-order valence-corrected chi connectivity index (χ4v) is 2.19. The molecule has 124 valence electrons. The Kier molecular flexibility index (Phi) is 7.17. The number of ether oxygens (including phenoxy) is 2. The minimum absolute atomic E-state index is 0.248. The summed E-state index contributed by atoms with van der Waals surface area (Å²) in [6.07, 6.45) is 5.01. The zero-order chi connectivity index (χ0) is 16.3. The minimum atomic E-state index is -0.430. The lowest BCUT2D eigenvalue weighted by Crippen LogP contribution is -2.04. The Bertz CT molecular complexity index is 580. The highest BCUT2D eigenvalue weighted by Crippen LogP contribution is 2.12. The normalized spacial score (nSPS) is 10.5. The average Bonchev–Trinajstić information content (AvgIpc) is 3.04. The second-order valence-corrected chi connectivity index (χ2v) is 5.22. The third-order valence-electron chi connectivity index (χ3n) is 3.37. The molecule has 2 aromatic rings. The fraction of sp³-hybridized carbons (Fsp3) is 0.444. The van der Waals surface area contributed by atoms with Crippen LogP contribution >= 0.6 is 0 Å². The molecular formula is C18H23NO4. The van der Waals surface area contributed by atoms with E-state index in [1.165, 1.54) is 0 Å². The van der Waals surface area contributed by atoms with Gasteiger partial charge < -0.3 is 14.0 Å². The number of para-hydroxylation sites is 1. The Morgan fingerprint density at radius 3 is 2.70 bits per heavy atom. The molecule has 1 aromatic carbocycles. The first-order chi connectivity index (χ1) is 11.3. The Morgan fingerprint density at radius 1 is 1.13 bits per heavy atom. The molecule has 5 nitrogen and oxygen atoms in total. The molecule has 0 atom stereocenters. The molecule has 0 N–H and O–H groups in total. The molecule has 1 aromatic heterocycles. The number of hydrogen-bond donors (Lipinski definition) is 0. The molecule has 0 aliphatic heterocycles. The predicted molar refractivity (Wildman–Crippen MR) is 86.6 cm³/mol. The van der Waals surface area contributed by atoms with E-state index in [2.05, 4.69) is 5.16 Å². The van der Waals surface area contributed by atoms with Gasteiger partial charge >= 0.3 is 5.97 Å². The fourth-order valence-electron chi connectivity index (χ4n) is 2.19. The Morgan fingerprint density at radius 2 is 1.91 bits per heavy atom. The smallest absolute Gasteiger partial charge is 0.360 e. The summed E-state index contributed by atoms with van der Waals surface area (Å²) >= 11 is 0. The van der Waals surface area contributed by atoms with Gasteiger partial charge in [0, 0.05) is 12.5 Å². The molecule has 23 heavy (non-hydrogen) atoms. The SMILES string of the molecule is CCOC(=O)c1cc(CCCCCCOc2ccccc2)on1. The molecule has 0 unspecified atom stereocenters. The van der Waals surface area contributed by atoms with Crippen molar-refractivity contribution in [1.82, 2.24) is 5.16 Å². The summed E-state index contributed by atoms with van der Waals surface area (Å²) < 4.78 is 15.7. The molecule has 2 rings (SSSR count). The maximum Gasteiger partial charge on any atom is 0.360 e. The van der Waals surface area contributed by atoms with Gasteiger partial charge in [-0.3, -0.25) is 0 Å². The van der Waals surface area contributed by atoms with Crippen molar-refractivity contribution < 1.29 is 18.8 Å². The van der Waals surface area contributed by atoms with Crippen molar-refractivity contribution >= 4 is 5.97 Å². The van der Waals surface area contributed by atoms with E-state index < -0.39 is 5.97 Å². The van der Waals surface area contributed by atoms with Crippen LogP contribution in [0.2, 0.25) is 0 Å². The van der Waals surface area contributed by atoms with E-state index in [0.29, 0.717) is 6.61 Å². The van der Waals surface area contributed by atoms with E-state index in [4.69, 9.17) is 14.0 Å². The number of carbonyl (C=O) groups excluding carboxylic acids is 1. The Labute approximate surface area is 136 Å². The number of rotatable bonds is 10. The number of carbonyl (C=O) groups is 1. The number of nitrogens with zero attached hydrogens (tertiary/aromatic N) is 1. The van der Waals surface area contributed by atoms with Gasteiger partial charge in [-0.2, -0.15) is 0 Å². The van der Waals surface area contributed by atoms with Gasteiger partial charge in [0.25, 0.3) is 0 Å². The lowest BCUT2D eigenvalue weighted by Gasteiger charge is -2.05. The number of benzene rings is 1. The summed E-state index contributed by atoms with van der Waals surface area (Å²) in [6, 6.07) is 11.5. The van der Waals surface area contributed by atoms with Crippen molar-refractivity contribution in [1.29, 1.82) is 0 Å². The van der Waals surface area contributed by atoms with Gasteiger partial charge in [0.1, 0.15) is 11.5 Å². The zero-order valence-electron chi connectivity index (χ0n) is 13.5. The van der Waals surface area contributed by atoms with Gasteiger partial charge in [-0.15, -0.1) is 0 Å². The minimum Gasteiger partial charge on any atom is -0.494 e. The van der Waals surface area contributed by atoms with Crippen LogP contribution in [-0.2, 0) is 11.2 Å². The molecule has 0 fully saturated rings. The first-order valence-corrected chi connectivity index (χ1v) is 8.10. The first-order valence-electron chi connectivity index (χ1n) is 8.10. The summed E-state index contributed by atoms with van der Waals surface area (Å²) in [6.45, 7) is 2.84. The molecule has 1 heterocycles. The monoisotopic (exact) mass is 317 g/mol. The second kappa shape index (κ2) is 9.66. The van der Waals surface area contributed by atoms with Crippen LogP contribution in [0.1, 0.15) is 48.9 Å². The molecular weight excluding hydrogens is 294 g/mol. The molecule has 0 spiro atoms. The van der Waals surface area contributed by atoms with Crippen LogP contribution in [0, 0.1) is 0 Å². The maximum atomic E-state index is 11.5. The van der Waals surface area contributed by atoms with Gasteiger partial charge in [0.2, 0.25) is 0 Å². The van der Waals surface area contributed by atoms with E-state index >= 15 is 0 Å². The van der Waals surface area contributed by atoms with E-state index in [9.17, 15) is 4.79 Å². The van der Waals surface area contributed by atoms with Crippen LogP contribution in [0.15, 0.2) is 40.9 Å². The molecule has 0 aliphatic carbocycles. The van der Waals surface area contributed by atoms with Gasteiger partial charge in [-0.05, 0) is 31.9 Å². The third kappa shape index (κ3) is 6.14. The summed E-state index contributed by atoms with van der Waals surface area (Å²) in [7, 11) is 0. The predicted octanol–water partition coefficient (Wildman–Crippen LogP) is 4.03. The van der Waals surface area contributed by atoms with Crippen LogP contribution in [0.5, 0.6) is 5.75 Å². The third-order valence-corrected chi connectivity index (χ3v) is 3.37. The highest BCUT2D eigenvalue weighted by molar-refractivity contribution is 5.87. The van der Waals surface area contributed by atoms with E-state index in [1.54, 1.807) is 13.0 Å². The van der Waals surface area contributed by atoms with Crippen LogP contribution in [0.3, 0.4) is 0 Å². The highest BCUT2D eigenvalue weighted by Gasteiger charge is 2.12. The van der Waals surface area contributed by atoms with Crippen LogP contribution < -0.4 is 4.74 Å². The topological polar surface area (TPSA) is 61.6 Å². The van der Waals surface area contributed by atoms with Crippen molar-refractivity contribution in [2.24, 2.45) is 0 Å². The summed E-state index contributed by atoms with van der Waals surface area (Å²) in [5.41, 5.74) is 0.248. The van der Waals surface area contributed by atoms with Gasteiger partial charge in [0.05, 0.1) is 13.2 Å². The van der Waals surface area contributed by atoms with Gasteiger partial charge in [-0.25, -0.2) is 4.79 Å². The van der Waals surface area contributed by atoms with Gasteiger partial charge in [-0.1, -0.05) is 36.2 Å². The Balaban J connectivity index is 1.54. The summed E-state index contributed by atoms with van der Waals surface area (Å²) in [5, 5.41) is 3.73. The number of aromatic nitrogens is 1. The van der Waals surface area contributed by atoms with Crippen LogP contribution in [-0.4, -0.2) is 24.3 Å². The summed E-state index contributed by atoms with van der Waals surface area (Å²) in [4.78, 5) is 11.5. The molecule has 0 radical (unpaired) electrons. The second-order valence-electron chi connectivity index (χ2n) is 5.22. The van der Waals surface area contributed by atoms with Crippen LogP contribution in [0.25, 0.3) is 0 Å². The maximum absolute atomic E-state index is 11.5. The Hall–Kier alpha value is -2.30.